The van der Waals surface area contributed by atoms with Gasteiger partial charge in [0.1, 0.15) is 0 Å². The van der Waals surface area contributed by atoms with Crippen molar-refractivity contribution in [2.75, 3.05) is 24.5 Å². The summed E-state index contributed by atoms with van der Waals surface area (Å²) in [5.41, 5.74) is 0.874. The van der Waals surface area contributed by atoms with Crippen LogP contribution in [-0.4, -0.2) is 45.7 Å². The molecule has 0 bridgehead atoms. The number of piperidine rings is 1. The first-order valence-electron chi connectivity index (χ1n) is 9.71. The van der Waals surface area contributed by atoms with Crippen LogP contribution in [-0.2, 0) is 6.18 Å². The molecule has 0 atom stereocenters. The molecule has 11 heteroatoms. The van der Waals surface area contributed by atoms with Crippen LogP contribution in [0.15, 0.2) is 47.2 Å². The topological polar surface area (TPSA) is 97.0 Å². The number of carbonyl (C=O) groups is 1. The molecule has 4 rings (SSSR count). The molecular weight excluding hydrogens is 413 g/mol. The molecule has 1 N–H and O–H groups in total. The number of amides is 1. The van der Waals surface area contributed by atoms with E-state index >= 15 is 0 Å². The lowest BCUT2D eigenvalue weighted by atomic mass is 9.97. The summed E-state index contributed by atoms with van der Waals surface area (Å²) in [4.78, 5) is 25.9. The highest BCUT2D eigenvalue weighted by Gasteiger charge is 2.38. The number of carbonyl (C=O) groups excluding carboxylic acids is 1. The average Bonchev–Trinajstić information content (AvgIpc) is 3.30. The number of alkyl halides is 3. The van der Waals surface area contributed by atoms with Gasteiger partial charge >= 0.3 is 12.1 Å². The first-order valence-corrected chi connectivity index (χ1v) is 9.71. The zero-order chi connectivity index (χ0) is 21.8. The van der Waals surface area contributed by atoms with Crippen LogP contribution in [0.4, 0.5) is 19.1 Å². The van der Waals surface area contributed by atoms with Crippen LogP contribution >= 0.6 is 0 Å². The first-order chi connectivity index (χ1) is 14.9. The van der Waals surface area contributed by atoms with Crippen molar-refractivity contribution in [2.45, 2.75) is 19.0 Å². The molecule has 2 aromatic heterocycles. The zero-order valence-electron chi connectivity index (χ0n) is 16.3. The van der Waals surface area contributed by atoms with Crippen molar-refractivity contribution in [1.82, 2.24) is 25.4 Å². The molecule has 1 fully saturated rings. The van der Waals surface area contributed by atoms with E-state index in [4.69, 9.17) is 0 Å². The van der Waals surface area contributed by atoms with Gasteiger partial charge in [-0.3, -0.25) is 4.79 Å². The first kappa shape index (κ1) is 20.8. The smallest absolute Gasteiger partial charge is 0.352 e. The zero-order valence-corrected chi connectivity index (χ0v) is 16.3. The van der Waals surface area contributed by atoms with Gasteiger partial charge in [0.2, 0.25) is 11.8 Å². The highest BCUT2D eigenvalue weighted by Crippen LogP contribution is 2.29. The van der Waals surface area contributed by atoms with E-state index in [1.54, 1.807) is 12.1 Å². The predicted molar refractivity (Wildman–Crippen MR) is 104 cm³/mol. The van der Waals surface area contributed by atoms with E-state index in [0.29, 0.717) is 37.1 Å². The maximum atomic E-state index is 12.6. The molecule has 0 spiro atoms. The maximum absolute atomic E-state index is 12.6. The quantitative estimate of drug-likeness (QED) is 0.661. The van der Waals surface area contributed by atoms with Crippen molar-refractivity contribution < 1.29 is 22.5 Å². The summed E-state index contributed by atoms with van der Waals surface area (Å²) < 4.78 is 42.0. The van der Waals surface area contributed by atoms with E-state index in [-0.39, 0.29) is 17.3 Å². The number of hydrogen-bond acceptors (Lipinski definition) is 7. The van der Waals surface area contributed by atoms with Crippen LogP contribution in [0, 0.1) is 5.92 Å². The number of nitrogens with one attached hydrogen (secondary N) is 1. The minimum Gasteiger partial charge on any atom is -0.352 e. The van der Waals surface area contributed by atoms with Crippen LogP contribution in [0.1, 0.15) is 29.1 Å². The van der Waals surface area contributed by atoms with Gasteiger partial charge in [-0.25, -0.2) is 9.97 Å². The normalized spacial score (nSPS) is 15.1. The van der Waals surface area contributed by atoms with E-state index in [1.807, 2.05) is 23.1 Å². The van der Waals surface area contributed by atoms with Gasteiger partial charge in [0.15, 0.2) is 0 Å². The lowest BCUT2D eigenvalue weighted by Crippen LogP contribution is -2.39. The van der Waals surface area contributed by atoms with Crippen LogP contribution in [0.5, 0.6) is 0 Å². The Kier molecular flexibility index (Phi) is 5.83. The van der Waals surface area contributed by atoms with Crippen molar-refractivity contribution in [3.63, 3.8) is 0 Å². The number of benzene rings is 1. The van der Waals surface area contributed by atoms with Crippen molar-refractivity contribution >= 4 is 11.9 Å². The Morgan fingerprint density at radius 3 is 2.42 bits per heavy atom. The highest BCUT2D eigenvalue weighted by molar-refractivity contribution is 5.94. The van der Waals surface area contributed by atoms with E-state index in [2.05, 4.69) is 29.9 Å². The fourth-order valence-electron chi connectivity index (χ4n) is 3.32. The fraction of sp³-hybridized carbons (Fsp3) is 0.350. The summed E-state index contributed by atoms with van der Waals surface area (Å²) in [7, 11) is 0. The third kappa shape index (κ3) is 4.98. The molecule has 0 aliphatic carbocycles. The number of hydrogen-bond donors (Lipinski definition) is 1. The fourth-order valence-corrected chi connectivity index (χ4v) is 3.32. The van der Waals surface area contributed by atoms with Crippen molar-refractivity contribution in [1.29, 1.82) is 0 Å². The third-order valence-electron chi connectivity index (χ3n) is 5.05. The SMILES string of the molecule is O=C(NCC1CCN(c2ncc(-c3noc(C(F)(F)F)n3)cn2)CC1)c1ccccc1. The Hall–Kier alpha value is -3.50. The van der Waals surface area contributed by atoms with E-state index in [9.17, 15) is 18.0 Å². The van der Waals surface area contributed by atoms with Gasteiger partial charge in [-0.15, -0.1) is 0 Å². The second-order valence-corrected chi connectivity index (χ2v) is 7.20. The summed E-state index contributed by atoms with van der Waals surface area (Å²) in [5.74, 6) is -0.879. The van der Waals surface area contributed by atoms with Crippen LogP contribution < -0.4 is 10.2 Å². The molecule has 0 radical (unpaired) electrons. The maximum Gasteiger partial charge on any atom is 0.471 e. The summed E-state index contributed by atoms with van der Waals surface area (Å²) in [6.45, 7) is 2.03. The molecule has 162 valence electrons. The number of anilines is 1. The largest absolute Gasteiger partial charge is 0.471 e. The lowest BCUT2D eigenvalue weighted by molar-refractivity contribution is -0.159. The van der Waals surface area contributed by atoms with Gasteiger partial charge < -0.3 is 14.7 Å². The Labute approximate surface area is 175 Å². The molecule has 1 aliphatic rings. The molecule has 1 amide bonds. The molecule has 1 aromatic carbocycles. The number of nitrogens with zero attached hydrogens (tertiary/aromatic N) is 5. The minimum absolute atomic E-state index is 0.0860. The standard InChI is InChI=1S/C20H19F3N6O2/c21-20(22,23)18-27-16(28-31-18)15-11-25-19(26-12-15)29-8-6-13(7-9-29)10-24-17(30)14-4-2-1-3-5-14/h1-5,11-13H,6-10H2,(H,24,30). The number of rotatable bonds is 5. The van der Waals surface area contributed by atoms with Gasteiger partial charge in [-0.05, 0) is 30.9 Å². The molecular formula is C20H19F3N6O2. The van der Waals surface area contributed by atoms with Crippen LogP contribution in [0.3, 0.4) is 0 Å². The van der Waals surface area contributed by atoms with E-state index < -0.39 is 12.1 Å². The molecule has 0 unspecified atom stereocenters. The van der Waals surface area contributed by atoms with Gasteiger partial charge in [-0.1, -0.05) is 23.4 Å². The van der Waals surface area contributed by atoms with Crippen LogP contribution in [0.25, 0.3) is 11.4 Å². The number of aromatic nitrogens is 4. The number of halogens is 3. The van der Waals surface area contributed by atoms with Gasteiger partial charge in [-0.2, -0.15) is 18.2 Å². The molecule has 31 heavy (non-hydrogen) atoms. The lowest BCUT2D eigenvalue weighted by Gasteiger charge is -2.32. The molecule has 1 saturated heterocycles. The summed E-state index contributed by atoms with van der Waals surface area (Å²) in [6.07, 6.45) is -0.226. The molecule has 3 aromatic rings. The molecule has 1 aliphatic heterocycles. The molecule has 8 nitrogen and oxygen atoms in total. The second-order valence-electron chi connectivity index (χ2n) is 7.20. The summed E-state index contributed by atoms with van der Waals surface area (Å²) in [6, 6.07) is 9.07. The Bertz CT molecular complexity index is 1020. The predicted octanol–water partition coefficient (Wildman–Crippen LogP) is 3.19. The Morgan fingerprint density at radius 2 is 1.81 bits per heavy atom. The Balaban J connectivity index is 1.29. The minimum atomic E-state index is -4.70. The van der Waals surface area contributed by atoms with Crippen molar-refractivity contribution in [3.8, 4) is 11.4 Å². The van der Waals surface area contributed by atoms with Gasteiger partial charge in [0.25, 0.3) is 5.91 Å². The van der Waals surface area contributed by atoms with Gasteiger partial charge in [0, 0.05) is 37.6 Å². The summed E-state index contributed by atoms with van der Waals surface area (Å²) in [5, 5.41) is 6.30. The Morgan fingerprint density at radius 1 is 1.13 bits per heavy atom. The van der Waals surface area contributed by atoms with E-state index in [1.165, 1.54) is 12.4 Å². The van der Waals surface area contributed by atoms with E-state index in [0.717, 1.165) is 12.8 Å². The molecule has 3 heterocycles. The second kappa shape index (κ2) is 8.70. The summed E-state index contributed by atoms with van der Waals surface area (Å²) >= 11 is 0. The van der Waals surface area contributed by atoms with Crippen molar-refractivity contribution in [2.24, 2.45) is 5.92 Å². The van der Waals surface area contributed by atoms with Crippen LogP contribution in [0.2, 0.25) is 0 Å². The third-order valence-corrected chi connectivity index (χ3v) is 5.05. The monoisotopic (exact) mass is 432 g/mol. The van der Waals surface area contributed by atoms with Crippen molar-refractivity contribution in [3.05, 3.63) is 54.2 Å². The average molecular weight is 432 g/mol. The molecule has 0 saturated carbocycles. The highest BCUT2D eigenvalue weighted by atomic mass is 19.4. The van der Waals surface area contributed by atoms with Gasteiger partial charge in [0.05, 0.1) is 5.56 Å².